The Kier molecular flexibility index (Phi) is 3.95. The molecule has 1 aliphatic carbocycles. The summed E-state index contributed by atoms with van der Waals surface area (Å²) in [6.45, 7) is 2.22. The molecule has 4 rings (SSSR count). The molecular formula is C18H23N5O2. The van der Waals surface area contributed by atoms with Gasteiger partial charge in [0.15, 0.2) is 0 Å². The van der Waals surface area contributed by atoms with E-state index in [1.54, 1.807) is 9.58 Å². The van der Waals surface area contributed by atoms with E-state index in [4.69, 9.17) is 10.5 Å². The maximum Gasteiger partial charge on any atom is 0.410 e. The van der Waals surface area contributed by atoms with E-state index in [0.29, 0.717) is 38.1 Å². The number of hydrogen-bond acceptors (Lipinski definition) is 5. The summed E-state index contributed by atoms with van der Waals surface area (Å²) < 4.78 is 7.18. The molecule has 3 atom stereocenters. The average molecular weight is 341 g/mol. The molecule has 7 heteroatoms. The van der Waals surface area contributed by atoms with Gasteiger partial charge in [0, 0.05) is 38.3 Å². The summed E-state index contributed by atoms with van der Waals surface area (Å²) >= 11 is 0. The van der Waals surface area contributed by atoms with Crippen LogP contribution in [-0.4, -0.2) is 45.6 Å². The first kappa shape index (κ1) is 16.1. The molecule has 2 heterocycles. The molecule has 1 amide bonds. The highest BCUT2D eigenvalue weighted by Gasteiger charge is 2.67. The van der Waals surface area contributed by atoms with Crippen molar-refractivity contribution in [2.45, 2.75) is 18.4 Å². The lowest BCUT2D eigenvalue weighted by atomic mass is 9.98. The van der Waals surface area contributed by atoms with E-state index in [-0.39, 0.29) is 11.5 Å². The molecule has 7 nitrogen and oxygen atoms in total. The van der Waals surface area contributed by atoms with Crippen LogP contribution in [0.5, 0.6) is 0 Å². The Morgan fingerprint density at radius 1 is 1.36 bits per heavy atom. The zero-order chi connectivity index (χ0) is 17.4. The molecule has 0 spiro atoms. The molecule has 2 N–H and O–H groups in total. The van der Waals surface area contributed by atoms with E-state index in [2.05, 4.69) is 10.3 Å². The largest absolute Gasteiger partial charge is 0.445 e. The third-order valence-electron chi connectivity index (χ3n) is 5.71. The summed E-state index contributed by atoms with van der Waals surface area (Å²) in [5.41, 5.74) is 7.92. The van der Waals surface area contributed by atoms with Crippen LogP contribution in [0.3, 0.4) is 0 Å². The number of hydrogen-bond donors (Lipinski definition) is 1. The minimum Gasteiger partial charge on any atom is -0.445 e. The highest BCUT2D eigenvalue weighted by Crippen LogP contribution is 2.62. The number of piperidine rings is 1. The van der Waals surface area contributed by atoms with Gasteiger partial charge in [-0.3, -0.25) is 4.68 Å². The van der Waals surface area contributed by atoms with Crippen molar-refractivity contribution in [3.63, 3.8) is 0 Å². The van der Waals surface area contributed by atoms with Gasteiger partial charge in [0.1, 0.15) is 6.61 Å². The summed E-state index contributed by atoms with van der Waals surface area (Å²) in [5, 5.41) is 8.34. The predicted molar refractivity (Wildman–Crippen MR) is 91.5 cm³/mol. The van der Waals surface area contributed by atoms with Crippen molar-refractivity contribution in [1.82, 2.24) is 19.9 Å². The molecule has 3 unspecified atom stereocenters. The van der Waals surface area contributed by atoms with Gasteiger partial charge < -0.3 is 15.4 Å². The Morgan fingerprint density at radius 3 is 2.84 bits per heavy atom. The number of benzene rings is 1. The van der Waals surface area contributed by atoms with Crippen LogP contribution < -0.4 is 5.73 Å². The van der Waals surface area contributed by atoms with Crippen LogP contribution in [0.25, 0.3) is 0 Å². The first-order chi connectivity index (χ1) is 12.1. The zero-order valence-corrected chi connectivity index (χ0v) is 14.3. The maximum atomic E-state index is 12.4. The Bertz CT molecular complexity index is 762. The average Bonchev–Trinajstić information content (AvgIpc) is 3.11. The van der Waals surface area contributed by atoms with Crippen LogP contribution in [0, 0.1) is 11.8 Å². The first-order valence-electron chi connectivity index (χ1n) is 8.67. The van der Waals surface area contributed by atoms with Gasteiger partial charge in [-0.05, 0) is 23.8 Å². The SMILES string of the molecule is Cn1cc(C2(CN)C3CCN(C(=O)OCc4ccccc4)CC32)nn1. The number of nitrogens with zero attached hydrogens (tertiary/aromatic N) is 4. The van der Waals surface area contributed by atoms with Crippen molar-refractivity contribution in [2.24, 2.45) is 24.6 Å². The normalized spacial score (nSPS) is 27.7. The van der Waals surface area contributed by atoms with Crippen molar-refractivity contribution >= 4 is 6.09 Å². The van der Waals surface area contributed by atoms with Gasteiger partial charge in [0.05, 0.1) is 5.69 Å². The fraction of sp³-hybridized carbons (Fsp3) is 0.500. The second kappa shape index (κ2) is 6.15. The maximum absolute atomic E-state index is 12.4. The van der Waals surface area contributed by atoms with Crippen molar-refractivity contribution in [2.75, 3.05) is 19.6 Å². The van der Waals surface area contributed by atoms with Crippen molar-refractivity contribution in [3.05, 3.63) is 47.8 Å². The minimum atomic E-state index is -0.251. The van der Waals surface area contributed by atoms with Gasteiger partial charge in [-0.1, -0.05) is 35.5 Å². The third kappa shape index (κ3) is 2.68. The van der Waals surface area contributed by atoms with Crippen LogP contribution in [0.2, 0.25) is 0 Å². The molecule has 1 saturated heterocycles. The molecule has 1 aromatic heterocycles. The molecule has 1 aliphatic heterocycles. The van der Waals surface area contributed by atoms with E-state index in [1.165, 1.54) is 0 Å². The second-order valence-electron chi connectivity index (χ2n) is 7.01. The van der Waals surface area contributed by atoms with Gasteiger partial charge in [0.25, 0.3) is 0 Å². The quantitative estimate of drug-likeness (QED) is 0.906. The number of rotatable bonds is 4. The highest BCUT2D eigenvalue weighted by molar-refractivity contribution is 5.68. The van der Waals surface area contributed by atoms with E-state index < -0.39 is 0 Å². The molecule has 0 bridgehead atoms. The topological polar surface area (TPSA) is 86.3 Å². The van der Waals surface area contributed by atoms with Crippen LogP contribution >= 0.6 is 0 Å². The fourth-order valence-corrected chi connectivity index (χ4v) is 4.30. The lowest BCUT2D eigenvalue weighted by molar-refractivity contribution is 0.0876. The lowest BCUT2D eigenvalue weighted by Crippen LogP contribution is -2.37. The molecule has 2 fully saturated rings. The summed E-state index contributed by atoms with van der Waals surface area (Å²) in [5.74, 6) is 0.819. The fourth-order valence-electron chi connectivity index (χ4n) is 4.30. The lowest BCUT2D eigenvalue weighted by Gasteiger charge is -2.25. The minimum absolute atomic E-state index is 0.136. The number of likely N-dealkylation sites (tertiary alicyclic amines) is 1. The summed E-state index contributed by atoms with van der Waals surface area (Å²) in [4.78, 5) is 14.2. The molecule has 2 aliphatic rings. The van der Waals surface area contributed by atoms with Crippen molar-refractivity contribution < 1.29 is 9.53 Å². The van der Waals surface area contributed by atoms with Crippen LogP contribution in [-0.2, 0) is 23.8 Å². The number of fused-ring (bicyclic) bond motifs is 1. The third-order valence-corrected chi connectivity index (χ3v) is 5.71. The molecule has 25 heavy (non-hydrogen) atoms. The Labute approximate surface area is 146 Å². The first-order valence-corrected chi connectivity index (χ1v) is 8.67. The molecular weight excluding hydrogens is 318 g/mol. The van der Waals surface area contributed by atoms with Gasteiger partial charge in [-0.25, -0.2) is 4.79 Å². The van der Waals surface area contributed by atoms with Crippen LogP contribution in [0.1, 0.15) is 17.7 Å². The van der Waals surface area contributed by atoms with E-state index >= 15 is 0 Å². The van der Waals surface area contributed by atoms with Gasteiger partial charge in [-0.15, -0.1) is 5.10 Å². The summed E-state index contributed by atoms with van der Waals surface area (Å²) in [6, 6.07) is 9.73. The Morgan fingerprint density at radius 2 is 2.16 bits per heavy atom. The number of nitrogens with two attached hydrogens (primary N) is 1. The number of aryl methyl sites for hydroxylation is 1. The van der Waals surface area contributed by atoms with Crippen molar-refractivity contribution in [1.29, 1.82) is 0 Å². The molecule has 1 saturated carbocycles. The second-order valence-corrected chi connectivity index (χ2v) is 7.01. The summed E-state index contributed by atoms with van der Waals surface area (Å²) in [7, 11) is 1.86. The van der Waals surface area contributed by atoms with Gasteiger partial charge in [0.2, 0.25) is 0 Å². The number of carbonyl (C=O) groups excluding carboxylic acids is 1. The number of ether oxygens (including phenoxy) is 1. The van der Waals surface area contributed by atoms with Gasteiger partial charge in [-0.2, -0.15) is 0 Å². The highest BCUT2D eigenvalue weighted by atomic mass is 16.6. The van der Waals surface area contributed by atoms with Crippen molar-refractivity contribution in [3.8, 4) is 0 Å². The smallest absolute Gasteiger partial charge is 0.410 e. The Balaban J connectivity index is 1.40. The number of amides is 1. The van der Waals surface area contributed by atoms with E-state index in [1.807, 2.05) is 43.6 Å². The van der Waals surface area contributed by atoms with E-state index in [0.717, 1.165) is 17.7 Å². The van der Waals surface area contributed by atoms with Crippen LogP contribution in [0.4, 0.5) is 4.79 Å². The zero-order valence-electron chi connectivity index (χ0n) is 14.3. The van der Waals surface area contributed by atoms with E-state index in [9.17, 15) is 4.79 Å². The molecule has 0 radical (unpaired) electrons. The molecule has 132 valence electrons. The summed E-state index contributed by atoms with van der Waals surface area (Å²) in [6.07, 6.45) is 2.63. The Hall–Kier alpha value is -2.41. The van der Waals surface area contributed by atoms with Crippen LogP contribution in [0.15, 0.2) is 36.5 Å². The molecule has 2 aromatic rings. The predicted octanol–water partition coefficient (Wildman–Crippen LogP) is 1.30. The molecule has 1 aromatic carbocycles. The van der Waals surface area contributed by atoms with Gasteiger partial charge >= 0.3 is 6.09 Å². The number of carbonyl (C=O) groups is 1. The number of aromatic nitrogens is 3. The monoisotopic (exact) mass is 341 g/mol. The standard InChI is InChI=1S/C18H23N5O2/c1-22-10-16(20-21-22)18(12-19)14-7-8-23(9-15(14)18)17(24)25-11-13-5-3-2-4-6-13/h2-6,10,14-15H,7-9,11-12,19H2,1H3.